The third-order valence-corrected chi connectivity index (χ3v) is 7.81. The number of rotatable bonds is 5. The van der Waals surface area contributed by atoms with Crippen LogP contribution in [0.25, 0.3) is 0 Å². The third kappa shape index (κ3) is 4.68. The van der Waals surface area contributed by atoms with Crippen LogP contribution in [0.15, 0.2) is 65.0 Å². The van der Waals surface area contributed by atoms with Crippen molar-refractivity contribution < 1.29 is 9.00 Å². The smallest absolute Gasteiger partial charge is 0.322 e. The zero-order valence-electron chi connectivity index (χ0n) is 17.6. The first-order chi connectivity index (χ1) is 14.5. The van der Waals surface area contributed by atoms with E-state index in [0.717, 1.165) is 47.5 Å². The summed E-state index contributed by atoms with van der Waals surface area (Å²) in [5.74, 6) is 0. The molecule has 1 unspecified atom stereocenters. The Morgan fingerprint density at radius 1 is 1.23 bits per heavy atom. The number of likely N-dealkylation sites (tertiary alicyclic amines) is 1. The molecule has 1 fully saturated rings. The standard InChI is InChI=1S/C23H30N4O2S/c1-17(2)26-11-8-22(9-12-26)30(29)21-5-3-18(4-6-21)13-25-23(28)27-15-19-7-10-24-14-20(19)16-27/h3-7,10,14-15,17,22,24H,8-9,11-13,16H2,1-2H3,(H,25,28). The molecule has 0 aliphatic carbocycles. The molecule has 7 heteroatoms. The number of benzene rings is 1. The second-order valence-electron chi connectivity index (χ2n) is 8.31. The van der Waals surface area contributed by atoms with Crippen molar-refractivity contribution in [2.45, 2.75) is 49.4 Å². The van der Waals surface area contributed by atoms with E-state index < -0.39 is 10.8 Å². The molecular weight excluding hydrogens is 396 g/mol. The van der Waals surface area contributed by atoms with Crippen molar-refractivity contribution in [3.8, 4) is 0 Å². The van der Waals surface area contributed by atoms with Gasteiger partial charge in [-0.25, -0.2) is 4.79 Å². The second-order valence-corrected chi connectivity index (χ2v) is 10.0. The van der Waals surface area contributed by atoms with Gasteiger partial charge in [0.25, 0.3) is 0 Å². The first-order valence-electron chi connectivity index (χ1n) is 10.6. The molecule has 6 nitrogen and oxygen atoms in total. The number of fused-ring (bicyclic) bond motifs is 1. The van der Waals surface area contributed by atoms with Crippen LogP contribution in [-0.4, -0.2) is 51.0 Å². The third-order valence-electron chi connectivity index (χ3n) is 5.99. The maximum atomic E-state index is 12.9. The van der Waals surface area contributed by atoms with Gasteiger partial charge in [-0.15, -0.1) is 0 Å². The second kappa shape index (κ2) is 9.18. The van der Waals surface area contributed by atoms with Gasteiger partial charge in [0.15, 0.2) is 0 Å². The van der Waals surface area contributed by atoms with Crippen LogP contribution in [0.2, 0.25) is 0 Å². The number of hydrogen-bond donors (Lipinski definition) is 2. The number of nitrogens with zero attached hydrogens (tertiary/aromatic N) is 2. The molecule has 4 rings (SSSR count). The van der Waals surface area contributed by atoms with E-state index in [9.17, 15) is 9.00 Å². The van der Waals surface area contributed by atoms with Crippen molar-refractivity contribution in [1.82, 2.24) is 20.4 Å². The van der Waals surface area contributed by atoms with Crippen molar-refractivity contribution in [2.24, 2.45) is 0 Å². The minimum absolute atomic E-state index is 0.115. The molecule has 0 aromatic heterocycles. The zero-order valence-corrected chi connectivity index (χ0v) is 18.5. The van der Waals surface area contributed by atoms with Gasteiger partial charge in [0.05, 0.1) is 17.3 Å². The van der Waals surface area contributed by atoms with Gasteiger partial charge in [-0.1, -0.05) is 12.1 Å². The molecule has 2 N–H and O–H groups in total. The van der Waals surface area contributed by atoms with Gasteiger partial charge in [-0.3, -0.25) is 9.11 Å². The summed E-state index contributed by atoms with van der Waals surface area (Å²) in [7, 11) is -0.974. The Morgan fingerprint density at radius 2 is 1.97 bits per heavy atom. The summed E-state index contributed by atoms with van der Waals surface area (Å²) in [5.41, 5.74) is 3.18. The van der Waals surface area contributed by atoms with Crippen LogP contribution in [0, 0.1) is 0 Å². The highest BCUT2D eigenvalue weighted by molar-refractivity contribution is 7.85. The van der Waals surface area contributed by atoms with Crippen LogP contribution < -0.4 is 10.6 Å². The molecule has 0 bridgehead atoms. The fourth-order valence-electron chi connectivity index (χ4n) is 4.09. The first-order valence-corrected chi connectivity index (χ1v) is 11.8. The molecule has 3 aliphatic rings. The van der Waals surface area contributed by atoms with Gasteiger partial charge in [0.2, 0.25) is 0 Å². The Morgan fingerprint density at radius 3 is 2.63 bits per heavy atom. The van der Waals surface area contributed by atoms with Crippen LogP contribution >= 0.6 is 0 Å². The number of piperidine rings is 1. The predicted octanol–water partition coefficient (Wildman–Crippen LogP) is 3.08. The lowest BCUT2D eigenvalue weighted by atomic mass is 10.1. The number of hydrogen-bond acceptors (Lipinski definition) is 4. The number of carbonyl (C=O) groups excluding carboxylic acids is 1. The van der Waals surface area contributed by atoms with Gasteiger partial charge < -0.3 is 15.5 Å². The Kier molecular flexibility index (Phi) is 6.39. The Labute approximate surface area is 181 Å². The molecule has 3 aliphatic heterocycles. The topological polar surface area (TPSA) is 64.7 Å². The highest BCUT2D eigenvalue weighted by Crippen LogP contribution is 2.24. The summed E-state index contributed by atoms with van der Waals surface area (Å²) in [6.45, 7) is 7.50. The van der Waals surface area contributed by atoms with Gasteiger partial charge in [-0.2, -0.15) is 0 Å². The maximum Gasteiger partial charge on any atom is 0.322 e. The van der Waals surface area contributed by atoms with E-state index in [2.05, 4.69) is 29.4 Å². The maximum absolute atomic E-state index is 12.9. The summed E-state index contributed by atoms with van der Waals surface area (Å²) in [6, 6.07) is 8.26. The van der Waals surface area contributed by atoms with E-state index in [1.165, 1.54) is 0 Å². The van der Waals surface area contributed by atoms with Crippen LogP contribution in [0.5, 0.6) is 0 Å². The Balaban J connectivity index is 1.28. The number of allylic oxidation sites excluding steroid dienone is 1. The Bertz CT molecular complexity index is 896. The highest BCUT2D eigenvalue weighted by Gasteiger charge is 2.26. The number of nitrogens with one attached hydrogen (secondary N) is 2. The lowest BCUT2D eigenvalue weighted by molar-refractivity contribution is 0.187. The number of amides is 2. The van der Waals surface area contributed by atoms with Crippen molar-refractivity contribution in [3.63, 3.8) is 0 Å². The quantitative estimate of drug-likeness (QED) is 0.760. The van der Waals surface area contributed by atoms with Crippen molar-refractivity contribution >= 4 is 16.8 Å². The molecule has 2 amide bonds. The summed E-state index contributed by atoms with van der Waals surface area (Å²) >= 11 is 0. The molecule has 30 heavy (non-hydrogen) atoms. The minimum atomic E-state index is -0.974. The zero-order chi connectivity index (χ0) is 21.1. The lowest BCUT2D eigenvalue weighted by Crippen LogP contribution is -2.41. The van der Waals surface area contributed by atoms with E-state index in [4.69, 9.17) is 0 Å². The van der Waals surface area contributed by atoms with Crippen LogP contribution in [-0.2, 0) is 17.3 Å². The Hall–Kier alpha value is -2.38. The molecule has 160 valence electrons. The van der Waals surface area contributed by atoms with Crippen molar-refractivity contribution in [1.29, 1.82) is 0 Å². The minimum Gasteiger partial charge on any atom is -0.367 e. The average molecular weight is 427 g/mol. The monoisotopic (exact) mass is 426 g/mol. The molecular formula is C23H30N4O2S. The lowest BCUT2D eigenvalue weighted by Gasteiger charge is -2.34. The molecule has 0 saturated carbocycles. The fraction of sp³-hybridized carbons (Fsp3) is 0.435. The normalized spacial score (nSPS) is 20.4. The van der Waals surface area contributed by atoms with Crippen molar-refractivity contribution in [2.75, 3.05) is 19.6 Å². The van der Waals surface area contributed by atoms with Crippen molar-refractivity contribution in [3.05, 3.63) is 65.7 Å². The molecule has 1 atom stereocenters. The predicted molar refractivity (Wildman–Crippen MR) is 120 cm³/mol. The fourth-order valence-corrected chi connectivity index (χ4v) is 5.51. The van der Waals surface area contributed by atoms with E-state index in [0.29, 0.717) is 19.1 Å². The van der Waals surface area contributed by atoms with Gasteiger partial charge in [0.1, 0.15) is 0 Å². The molecule has 1 aromatic carbocycles. The number of carbonyl (C=O) groups is 1. The average Bonchev–Trinajstić information content (AvgIpc) is 3.22. The van der Waals surface area contributed by atoms with Crippen LogP contribution in [0.3, 0.4) is 0 Å². The van der Waals surface area contributed by atoms with E-state index in [1.807, 2.05) is 48.9 Å². The summed E-state index contributed by atoms with van der Waals surface area (Å²) in [6.07, 6.45) is 9.58. The number of urea groups is 1. The van der Waals surface area contributed by atoms with E-state index >= 15 is 0 Å². The summed E-state index contributed by atoms with van der Waals surface area (Å²) in [5, 5.41) is 6.25. The molecule has 1 aromatic rings. The summed E-state index contributed by atoms with van der Waals surface area (Å²) in [4.78, 5) is 17.5. The molecule has 0 radical (unpaired) electrons. The summed E-state index contributed by atoms with van der Waals surface area (Å²) < 4.78 is 12.9. The van der Waals surface area contributed by atoms with Gasteiger partial charge in [0, 0.05) is 41.3 Å². The van der Waals surface area contributed by atoms with E-state index in [-0.39, 0.29) is 11.3 Å². The number of dihydropyridines is 1. The first kappa shape index (κ1) is 20.9. The largest absolute Gasteiger partial charge is 0.367 e. The van der Waals surface area contributed by atoms with Gasteiger partial charge >= 0.3 is 6.03 Å². The molecule has 1 saturated heterocycles. The SMILES string of the molecule is CC(C)N1CCC(S(=O)c2ccc(CNC(=O)N3C=C4C=CNC=C4C3)cc2)CC1. The highest BCUT2D eigenvalue weighted by atomic mass is 32.2. The van der Waals surface area contributed by atoms with E-state index in [1.54, 1.807) is 4.90 Å². The molecule has 0 spiro atoms. The molecule has 3 heterocycles. The van der Waals surface area contributed by atoms with Crippen LogP contribution in [0.1, 0.15) is 32.3 Å². The van der Waals surface area contributed by atoms with Crippen LogP contribution in [0.4, 0.5) is 4.79 Å². The van der Waals surface area contributed by atoms with Gasteiger partial charge in [-0.05, 0) is 74.7 Å².